The lowest BCUT2D eigenvalue weighted by molar-refractivity contribution is 0.273. The summed E-state index contributed by atoms with van der Waals surface area (Å²) in [6.07, 6.45) is 2.02. The van der Waals surface area contributed by atoms with Crippen molar-refractivity contribution in [3.8, 4) is 5.75 Å². The standard InChI is InChI=1S/C14H16ClN3O2/c1-20-12-13(15)16-9-17-14(12)18-11(8-19)7-10-5-3-2-4-6-10/h2-6,9,11,19H,7-8H2,1H3,(H,16,17,18). The zero-order valence-corrected chi connectivity index (χ0v) is 11.8. The molecule has 0 aliphatic carbocycles. The molecule has 20 heavy (non-hydrogen) atoms. The molecule has 0 bridgehead atoms. The first-order chi connectivity index (χ1) is 9.74. The zero-order valence-electron chi connectivity index (χ0n) is 11.1. The molecule has 2 aromatic rings. The van der Waals surface area contributed by atoms with Crippen molar-refractivity contribution in [3.05, 3.63) is 47.4 Å². The van der Waals surface area contributed by atoms with Crippen LogP contribution in [0.5, 0.6) is 5.75 Å². The minimum absolute atomic E-state index is 0.0281. The third-order valence-corrected chi connectivity index (χ3v) is 3.12. The van der Waals surface area contributed by atoms with Crippen LogP contribution in [0.2, 0.25) is 5.15 Å². The second kappa shape index (κ2) is 7.07. The van der Waals surface area contributed by atoms with Gasteiger partial charge in [0.1, 0.15) is 6.33 Å². The van der Waals surface area contributed by atoms with Gasteiger partial charge in [0.15, 0.2) is 16.7 Å². The van der Waals surface area contributed by atoms with E-state index in [1.807, 2.05) is 30.3 Å². The van der Waals surface area contributed by atoms with Gasteiger partial charge in [-0.1, -0.05) is 41.9 Å². The monoisotopic (exact) mass is 293 g/mol. The highest BCUT2D eigenvalue weighted by atomic mass is 35.5. The molecule has 6 heteroatoms. The fourth-order valence-electron chi connectivity index (χ4n) is 1.89. The Morgan fingerprint density at radius 3 is 2.70 bits per heavy atom. The molecule has 0 fully saturated rings. The topological polar surface area (TPSA) is 67.3 Å². The number of aliphatic hydroxyl groups is 1. The van der Waals surface area contributed by atoms with Crippen molar-refractivity contribution >= 4 is 17.4 Å². The number of benzene rings is 1. The molecule has 106 valence electrons. The van der Waals surface area contributed by atoms with E-state index in [2.05, 4.69) is 15.3 Å². The van der Waals surface area contributed by atoms with E-state index >= 15 is 0 Å². The van der Waals surface area contributed by atoms with E-state index in [1.165, 1.54) is 13.4 Å². The number of aliphatic hydroxyl groups excluding tert-OH is 1. The van der Waals surface area contributed by atoms with E-state index in [-0.39, 0.29) is 17.8 Å². The predicted molar refractivity (Wildman–Crippen MR) is 78.2 cm³/mol. The maximum atomic E-state index is 9.50. The molecule has 0 saturated carbocycles. The summed E-state index contributed by atoms with van der Waals surface area (Å²) in [7, 11) is 1.50. The van der Waals surface area contributed by atoms with Gasteiger partial charge in [-0.25, -0.2) is 9.97 Å². The Kier molecular flexibility index (Phi) is 5.15. The molecule has 5 nitrogen and oxygen atoms in total. The summed E-state index contributed by atoms with van der Waals surface area (Å²) < 4.78 is 5.17. The lowest BCUT2D eigenvalue weighted by Gasteiger charge is -2.18. The Morgan fingerprint density at radius 2 is 2.05 bits per heavy atom. The number of hydrogen-bond donors (Lipinski definition) is 2. The van der Waals surface area contributed by atoms with Crippen LogP contribution in [-0.4, -0.2) is 34.8 Å². The van der Waals surface area contributed by atoms with Gasteiger partial charge in [-0.05, 0) is 12.0 Å². The molecule has 0 amide bonds. The van der Waals surface area contributed by atoms with Crippen LogP contribution in [0.4, 0.5) is 5.82 Å². The summed E-state index contributed by atoms with van der Waals surface area (Å²) in [5.41, 5.74) is 1.12. The third kappa shape index (κ3) is 3.59. The number of anilines is 1. The van der Waals surface area contributed by atoms with Crippen molar-refractivity contribution in [2.45, 2.75) is 12.5 Å². The predicted octanol–water partition coefficient (Wildman–Crippen LogP) is 2.15. The zero-order chi connectivity index (χ0) is 14.4. The molecule has 0 aliphatic rings. The van der Waals surface area contributed by atoms with Gasteiger partial charge in [0.05, 0.1) is 19.8 Å². The van der Waals surface area contributed by atoms with Crippen LogP contribution in [0.25, 0.3) is 0 Å². The lowest BCUT2D eigenvalue weighted by atomic mass is 10.1. The highest BCUT2D eigenvalue weighted by Crippen LogP contribution is 2.29. The Hall–Kier alpha value is -1.85. The van der Waals surface area contributed by atoms with Gasteiger partial charge in [-0.15, -0.1) is 0 Å². The van der Waals surface area contributed by atoms with Crippen LogP contribution in [0.15, 0.2) is 36.7 Å². The second-order valence-corrected chi connectivity index (χ2v) is 4.62. The van der Waals surface area contributed by atoms with Crippen LogP contribution < -0.4 is 10.1 Å². The normalized spacial score (nSPS) is 11.9. The van der Waals surface area contributed by atoms with E-state index in [1.54, 1.807) is 0 Å². The quantitative estimate of drug-likeness (QED) is 0.799. The summed E-state index contributed by atoms with van der Waals surface area (Å²) in [6.45, 7) is -0.0281. The Labute approximate surface area is 122 Å². The maximum Gasteiger partial charge on any atom is 0.198 e. The number of aromatic nitrogens is 2. The molecule has 1 atom stereocenters. The number of ether oxygens (including phenoxy) is 1. The molecule has 0 aliphatic heterocycles. The molecule has 1 unspecified atom stereocenters. The van der Waals surface area contributed by atoms with Crippen molar-refractivity contribution in [2.24, 2.45) is 0 Å². The van der Waals surface area contributed by atoms with E-state index in [4.69, 9.17) is 16.3 Å². The molecule has 2 N–H and O–H groups in total. The Bertz CT molecular complexity index is 551. The van der Waals surface area contributed by atoms with E-state index in [0.29, 0.717) is 18.0 Å². The van der Waals surface area contributed by atoms with Crippen LogP contribution in [-0.2, 0) is 6.42 Å². The summed E-state index contributed by atoms with van der Waals surface area (Å²) in [6, 6.07) is 9.72. The first-order valence-electron chi connectivity index (χ1n) is 6.20. The van der Waals surface area contributed by atoms with Crippen molar-refractivity contribution in [1.29, 1.82) is 0 Å². The molecule has 0 saturated heterocycles. The van der Waals surface area contributed by atoms with Crippen molar-refractivity contribution in [1.82, 2.24) is 9.97 Å². The smallest absolute Gasteiger partial charge is 0.198 e. The molecule has 1 heterocycles. The lowest BCUT2D eigenvalue weighted by Crippen LogP contribution is -2.27. The second-order valence-electron chi connectivity index (χ2n) is 4.26. The van der Waals surface area contributed by atoms with Gasteiger partial charge < -0.3 is 15.2 Å². The van der Waals surface area contributed by atoms with Crippen molar-refractivity contribution in [2.75, 3.05) is 19.0 Å². The van der Waals surface area contributed by atoms with Gasteiger partial charge in [0.2, 0.25) is 0 Å². The number of nitrogens with one attached hydrogen (secondary N) is 1. The first kappa shape index (κ1) is 14.6. The number of methoxy groups -OCH3 is 1. The molecule has 2 rings (SSSR count). The number of hydrogen-bond acceptors (Lipinski definition) is 5. The van der Waals surface area contributed by atoms with Gasteiger partial charge in [-0.2, -0.15) is 0 Å². The third-order valence-electron chi connectivity index (χ3n) is 2.85. The van der Waals surface area contributed by atoms with Crippen LogP contribution in [0.3, 0.4) is 0 Å². The molecular weight excluding hydrogens is 278 g/mol. The molecule has 1 aromatic heterocycles. The molecule has 1 aromatic carbocycles. The van der Waals surface area contributed by atoms with Gasteiger partial charge in [0.25, 0.3) is 0 Å². The van der Waals surface area contributed by atoms with E-state index < -0.39 is 0 Å². The number of rotatable bonds is 6. The van der Waals surface area contributed by atoms with Crippen LogP contribution >= 0.6 is 11.6 Å². The Morgan fingerprint density at radius 1 is 1.30 bits per heavy atom. The fraction of sp³-hybridized carbons (Fsp3) is 0.286. The minimum atomic E-state index is -0.183. The van der Waals surface area contributed by atoms with Gasteiger partial charge >= 0.3 is 0 Å². The van der Waals surface area contributed by atoms with Crippen molar-refractivity contribution in [3.63, 3.8) is 0 Å². The van der Waals surface area contributed by atoms with Crippen molar-refractivity contribution < 1.29 is 9.84 Å². The molecule has 0 spiro atoms. The molecule has 0 radical (unpaired) electrons. The molecular formula is C14H16ClN3O2. The number of nitrogens with zero attached hydrogens (tertiary/aromatic N) is 2. The summed E-state index contributed by atoms with van der Waals surface area (Å²) >= 11 is 5.94. The summed E-state index contributed by atoms with van der Waals surface area (Å²) in [4.78, 5) is 7.95. The Balaban J connectivity index is 2.12. The van der Waals surface area contributed by atoms with E-state index in [0.717, 1.165) is 5.56 Å². The first-order valence-corrected chi connectivity index (χ1v) is 6.58. The average molecular weight is 294 g/mol. The van der Waals surface area contributed by atoms with Gasteiger partial charge in [0, 0.05) is 0 Å². The SMILES string of the molecule is COc1c(Cl)ncnc1NC(CO)Cc1ccccc1. The van der Waals surface area contributed by atoms with Gasteiger partial charge in [-0.3, -0.25) is 0 Å². The average Bonchev–Trinajstić information content (AvgIpc) is 2.48. The highest BCUT2D eigenvalue weighted by molar-refractivity contribution is 6.31. The van der Waals surface area contributed by atoms with E-state index in [9.17, 15) is 5.11 Å². The number of halogens is 1. The maximum absolute atomic E-state index is 9.50. The summed E-state index contributed by atoms with van der Waals surface area (Å²) in [5.74, 6) is 0.850. The van der Waals surface area contributed by atoms with Crippen LogP contribution in [0, 0.1) is 0 Å². The van der Waals surface area contributed by atoms with Crippen LogP contribution in [0.1, 0.15) is 5.56 Å². The summed E-state index contributed by atoms with van der Waals surface area (Å²) in [5, 5.41) is 12.9. The largest absolute Gasteiger partial charge is 0.490 e. The highest BCUT2D eigenvalue weighted by Gasteiger charge is 2.15. The fourth-order valence-corrected chi connectivity index (χ4v) is 2.10. The minimum Gasteiger partial charge on any atom is -0.490 e.